The fraction of sp³-hybridized carbons (Fsp3) is 0.500. The number of carbonyl (C=O) groups is 1. The lowest BCUT2D eigenvalue weighted by molar-refractivity contribution is 0.188. The second kappa shape index (κ2) is 5.41. The molecule has 1 aliphatic heterocycles. The van der Waals surface area contributed by atoms with Crippen LogP contribution in [0, 0.1) is 0 Å². The second-order valence-electron chi connectivity index (χ2n) is 3.59. The maximum atomic E-state index is 11.5. The highest BCUT2D eigenvalue weighted by atomic mass is 16.5. The summed E-state index contributed by atoms with van der Waals surface area (Å²) in [6, 6.07) is 1.71. The number of amides is 2. The summed E-state index contributed by atoms with van der Waals surface area (Å²) in [4.78, 5) is 19.3. The van der Waals surface area contributed by atoms with E-state index in [4.69, 9.17) is 4.74 Å². The zero-order chi connectivity index (χ0) is 11.2. The van der Waals surface area contributed by atoms with Crippen LogP contribution in [-0.2, 0) is 11.3 Å². The number of urea groups is 1. The number of ether oxygens (including phenoxy) is 1. The van der Waals surface area contributed by atoms with E-state index in [1.165, 1.54) is 6.33 Å². The molecule has 16 heavy (non-hydrogen) atoms. The van der Waals surface area contributed by atoms with Gasteiger partial charge in [0.15, 0.2) is 0 Å². The van der Waals surface area contributed by atoms with Gasteiger partial charge in [0.2, 0.25) is 0 Å². The zero-order valence-corrected chi connectivity index (χ0v) is 8.85. The first-order valence-corrected chi connectivity index (χ1v) is 5.21. The van der Waals surface area contributed by atoms with Crippen LogP contribution in [0.4, 0.5) is 4.79 Å². The van der Waals surface area contributed by atoms with Gasteiger partial charge in [0.25, 0.3) is 0 Å². The largest absolute Gasteiger partial charge is 0.379 e. The number of aromatic nitrogens is 2. The molecule has 2 rings (SSSR count). The summed E-state index contributed by atoms with van der Waals surface area (Å²) in [7, 11) is 0. The molecule has 0 aromatic carbocycles. The molecule has 2 N–H and O–H groups in total. The molecular formula is C10H14N4O2. The van der Waals surface area contributed by atoms with Gasteiger partial charge in [0, 0.05) is 12.8 Å². The van der Waals surface area contributed by atoms with Crippen molar-refractivity contribution >= 4 is 6.03 Å². The zero-order valence-electron chi connectivity index (χ0n) is 8.85. The molecule has 0 spiro atoms. The van der Waals surface area contributed by atoms with Crippen LogP contribution in [0.15, 0.2) is 18.6 Å². The van der Waals surface area contributed by atoms with Gasteiger partial charge in [-0.15, -0.1) is 0 Å². The Hall–Kier alpha value is -1.69. The van der Waals surface area contributed by atoms with Crippen LogP contribution >= 0.6 is 0 Å². The van der Waals surface area contributed by atoms with Gasteiger partial charge in [0.05, 0.1) is 24.9 Å². The van der Waals surface area contributed by atoms with Crippen molar-refractivity contribution in [1.29, 1.82) is 0 Å². The van der Waals surface area contributed by atoms with E-state index in [1.807, 2.05) is 0 Å². The monoisotopic (exact) mass is 222 g/mol. The van der Waals surface area contributed by atoms with Gasteiger partial charge in [-0.25, -0.2) is 14.8 Å². The van der Waals surface area contributed by atoms with Gasteiger partial charge in [0.1, 0.15) is 6.33 Å². The quantitative estimate of drug-likeness (QED) is 0.758. The molecule has 2 heterocycles. The Morgan fingerprint density at radius 1 is 1.62 bits per heavy atom. The molecular weight excluding hydrogens is 208 g/mol. The second-order valence-corrected chi connectivity index (χ2v) is 3.59. The molecule has 0 saturated carbocycles. The van der Waals surface area contributed by atoms with Gasteiger partial charge >= 0.3 is 6.03 Å². The predicted molar refractivity (Wildman–Crippen MR) is 56.6 cm³/mol. The predicted octanol–water partition coefficient (Wildman–Crippen LogP) is 0.0647. The number of hydrogen-bond acceptors (Lipinski definition) is 4. The summed E-state index contributed by atoms with van der Waals surface area (Å²) >= 11 is 0. The number of nitrogens with zero attached hydrogens (tertiary/aromatic N) is 2. The molecule has 1 aromatic rings. The lowest BCUT2D eigenvalue weighted by atomic mass is 10.3. The van der Waals surface area contributed by atoms with Gasteiger partial charge in [-0.1, -0.05) is 0 Å². The molecule has 0 aliphatic carbocycles. The smallest absolute Gasteiger partial charge is 0.315 e. The Kier molecular flexibility index (Phi) is 3.66. The van der Waals surface area contributed by atoms with Crippen molar-refractivity contribution in [3.63, 3.8) is 0 Å². The molecule has 1 atom stereocenters. The van der Waals surface area contributed by atoms with Crippen LogP contribution in [0.25, 0.3) is 0 Å². The molecule has 1 aliphatic rings. The fourth-order valence-corrected chi connectivity index (χ4v) is 1.48. The van der Waals surface area contributed by atoms with E-state index >= 15 is 0 Å². The molecule has 0 bridgehead atoms. The molecule has 0 radical (unpaired) electrons. The van der Waals surface area contributed by atoms with E-state index in [9.17, 15) is 4.79 Å². The first kappa shape index (κ1) is 10.8. The first-order valence-electron chi connectivity index (χ1n) is 5.21. The lowest BCUT2D eigenvalue weighted by Crippen LogP contribution is -2.42. The van der Waals surface area contributed by atoms with Gasteiger partial charge in [-0.2, -0.15) is 0 Å². The molecule has 86 valence electrons. The Labute approximate surface area is 93.4 Å². The highest BCUT2D eigenvalue weighted by Crippen LogP contribution is 2.02. The average Bonchev–Trinajstić information content (AvgIpc) is 2.81. The lowest BCUT2D eigenvalue weighted by Gasteiger charge is -2.11. The third-order valence-electron chi connectivity index (χ3n) is 2.34. The van der Waals surface area contributed by atoms with Crippen LogP contribution < -0.4 is 10.6 Å². The van der Waals surface area contributed by atoms with E-state index in [0.29, 0.717) is 13.2 Å². The minimum atomic E-state index is -0.186. The highest BCUT2D eigenvalue weighted by molar-refractivity contribution is 5.74. The Balaban J connectivity index is 1.71. The van der Waals surface area contributed by atoms with Crippen molar-refractivity contribution in [3.8, 4) is 0 Å². The van der Waals surface area contributed by atoms with Crippen LogP contribution in [0.5, 0.6) is 0 Å². The fourth-order valence-electron chi connectivity index (χ4n) is 1.48. The third-order valence-corrected chi connectivity index (χ3v) is 2.34. The van der Waals surface area contributed by atoms with Crippen molar-refractivity contribution in [3.05, 3.63) is 24.3 Å². The van der Waals surface area contributed by atoms with Crippen LogP contribution in [-0.4, -0.2) is 35.3 Å². The average molecular weight is 222 g/mol. The SMILES string of the molecule is O=C(NCc1ccncn1)NC1CCOC1. The summed E-state index contributed by atoms with van der Waals surface area (Å²) in [6.45, 7) is 1.72. The van der Waals surface area contributed by atoms with E-state index < -0.39 is 0 Å². The number of hydrogen-bond donors (Lipinski definition) is 2. The summed E-state index contributed by atoms with van der Waals surface area (Å²) in [5.41, 5.74) is 0.785. The summed E-state index contributed by atoms with van der Waals surface area (Å²) in [6.07, 6.45) is 3.98. The van der Waals surface area contributed by atoms with Gasteiger partial charge in [-0.05, 0) is 12.5 Å². The highest BCUT2D eigenvalue weighted by Gasteiger charge is 2.17. The van der Waals surface area contributed by atoms with Crippen molar-refractivity contribution in [2.24, 2.45) is 0 Å². The Bertz CT molecular complexity index is 338. The Morgan fingerprint density at radius 3 is 3.25 bits per heavy atom. The van der Waals surface area contributed by atoms with Crippen molar-refractivity contribution in [2.45, 2.75) is 19.0 Å². The van der Waals surface area contributed by atoms with Crippen LogP contribution in [0.3, 0.4) is 0 Å². The van der Waals surface area contributed by atoms with E-state index in [-0.39, 0.29) is 12.1 Å². The van der Waals surface area contributed by atoms with E-state index in [1.54, 1.807) is 12.3 Å². The Morgan fingerprint density at radius 2 is 2.56 bits per heavy atom. The van der Waals surface area contributed by atoms with Crippen LogP contribution in [0.1, 0.15) is 12.1 Å². The topological polar surface area (TPSA) is 76.1 Å². The maximum Gasteiger partial charge on any atom is 0.315 e. The number of carbonyl (C=O) groups excluding carboxylic acids is 1. The molecule has 6 nitrogen and oxygen atoms in total. The first-order chi connectivity index (χ1) is 7.84. The van der Waals surface area contributed by atoms with E-state index in [2.05, 4.69) is 20.6 Å². The summed E-state index contributed by atoms with van der Waals surface area (Å²) in [5.74, 6) is 0. The maximum absolute atomic E-state index is 11.5. The standard InChI is InChI=1S/C10H14N4O2/c15-10(14-9-2-4-16-6-9)12-5-8-1-3-11-7-13-8/h1,3,7,9H,2,4-6H2,(H2,12,14,15). The van der Waals surface area contributed by atoms with E-state index in [0.717, 1.165) is 18.7 Å². The normalized spacial score (nSPS) is 19.4. The number of rotatable bonds is 3. The molecule has 1 unspecified atom stereocenters. The molecule has 1 saturated heterocycles. The van der Waals surface area contributed by atoms with Crippen molar-refractivity contribution < 1.29 is 9.53 Å². The van der Waals surface area contributed by atoms with Crippen LogP contribution in [0.2, 0.25) is 0 Å². The third kappa shape index (κ3) is 3.16. The molecule has 6 heteroatoms. The van der Waals surface area contributed by atoms with Crippen molar-refractivity contribution in [1.82, 2.24) is 20.6 Å². The number of nitrogens with one attached hydrogen (secondary N) is 2. The summed E-state index contributed by atoms with van der Waals surface area (Å²) < 4.78 is 5.16. The van der Waals surface area contributed by atoms with Crippen molar-refractivity contribution in [2.75, 3.05) is 13.2 Å². The minimum absolute atomic E-state index is 0.130. The minimum Gasteiger partial charge on any atom is -0.379 e. The molecule has 1 fully saturated rings. The summed E-state index contributed by atoms with van der Waals surface area (Å²) in [5, 5.41) is 5.56. The van der Waals surface area contributed by atoms with Gasteiger partial charge < -0.3 is 15.4 Å². The molecule has 1 aromatic heterocycles. The van der Waals surface area contributed by atoms with Gasteiger partial charge in [-0.3, -0.25) is 0 Å². The molecule has 2 amide bonds.